The van der Waals surface area contributed by atoms with Crippen LogP contribution >= 0.6 is 0 Å². The van der Waals surface area contributed by atoms with Crippen LogP contribution in [0.4, 0.5) is 0 Å². The molecule has 2 nitrogen and oxygen atoms in total. The summed E-state index contributed by atoms with van der Waals surface area (Å²) in [5, 5.41) is 7.14. The molecule has 1 aliphatic rings. The molecule has 0 spiro atoms. The fraction of sp³-hybridized carbons (Fsp3) is 0.0189. The van der Waals surface area contributed by atoms with Crippen molar-refractivity contribution in [1.29, 1.82) is 0 Å². The molecule has 0 amide bonds. The Labute approximate surface area is 320 Å². The molecule has 1 aliphatic carbocycles. The summed E-state index contributed by atoms with van der Waals surface area (Å²) in [6.07, 6.45) is 0. The Kier molecular flexibility index (Phi) is 7.11. The first-order valence-electron chi connectivity index (χ1n) is 18.9. The van der Waals surface area contributed by atoms with Crippen LogP contribution in [0, 0.1) is 0 Å². The quantitative estimate of drug-likeness (QED) is 0.179. The van der Waals surface area contributed by atoms with Crippen molar-refractivity contribution in [3.05, 3.63) is 229 Å². The van der Waals surface area contributed by atoms with E-state index in [2.05, 4.69) is 206 Å². The summed E-state index contributed by atoms with van der Waals surface area (Å²) < 4.78 is 0. The Hall–Kier alpha value is -7.16. The van der Waals surface area contributed by atoms with E-state index in [9.17, 15) is 0 Å². The molecule has 0 atom stereocenters. The van der Waals surface area contributed by atoms with Crippen molar-refractivity contribution in [2.45, 2.75) is 5.41 Å². The Morgan fingerprint density at radius 1 is 0.327 bits per heavy atom. The van der Waals surface area contributed by atoms with Crippen LogP contribution in [0.1, 0.15) is 22.3 Å². The molecule has 0 bridgehead atoms. The van der Waals surface area contributed by atoms with Gasteiger partial charge in [0.05, 0.1) is 16.8 Å². The van der Waals surface area contributed by atoms with Gasteiger partial charge in [-0.15, -0.1) is 0 Å². The van der Waals surface area contributed by atoms with E-state index in [1.54, 1.807) is 0 Å². The first-order valence-corrected chi connectivity index (χ1v) is 18.9. The molecule has 0 radical (unpaired) electrons. The van der Waals surface area contributed by atoms with Crippen LogP contribution in [-0.2, 0) is 5.41 Å². The van der Waals surface area contributed by atoms with E-state index >= 15 is 0 Å². The van der Waals surface area contributed by atoms with Crippen molar-refractivity contribution in [3.8, 4) is 45.0 Å². The van der Waals surface area contributed by atoms with Gasteiger partial charge in [0.2, 0.25) is 0 Å². The highest BCUT2D eigenvalue weighted by molar-refractivity contribution is 6.02. The molecule has 0 N–H and O–H groups in total. The van der Waals surface area contributed by atoms with Gasteiger partial charge in [-0.05, 0) is 83.9 Å². The van der Waals surface area contributed by atoms with Gasteiger partial charge in [-0.3, -0.25) is 0 Å². The van der Waals surface area contributed by atoms with Crippen molar-refractivity contribution < 1.29 is 0 Å². The molecular weight excluding hydrogens is 665 g/mol. The van der Waals surface area contributed by atoms with Crippen molar-refractivity contribution in [3.63, 3.8) is 0 Å². The molecule has 55 heavy (non-hydrogen) atoms. The van der Waals surface area contributed by atoms with Gasteiger partial charge >= 0.3 is 0 Å². The van der Waals surface area contributed by atoms with Crippen molar-refractivity contribution >= 4 is 32.3 Å². The number of nitrogens with zero attached hydrogens (tertiary/aromatic N) is 2. The molecule has 9 aromatic carbocycles. The lowest BCUT2D eigenvalue weighted by Crippen LogP contribution is -2.28. The average Bonchev–Trinajstić information content (AvgIpc) is 3.58. The lowest BCUT2D eigenvalue weighted by Gasteiger charge is -2.34. The number of fused-ring (bicyclic) bond motifs is 7. The van der Waals surface area contributed by atoms with E-state index in [1.165, 1.54) is 65.7 Å². The van der Waals surface area contributed by atoms with Crippen LogP contribution in [0.25, 0.3) is 77.3 Å². The number of aromatic nitrogens is 2. The van der Waals surface area contributed by atoms with Crippen molar-refractivity contribution in [2.24, 2.45) is 0 Å². The molecule has 1 aromatic heterocycles. The second-order valence-electron chi connectivity index (χ2n) is 14.5. The van der Waals surface area contributed by atoms with Crippen LogP contribution in [0.2, 0.25) is 0 Å². The largest absolute Gasteiger partial charge is 0.228 e. The standard InChI is InChI=1S/C53H34N2/c1-3-18-41(19-4-1)53(42-20-5-2-6-21-42)48-25-12-11-23-44(48)46-31-30-37-27-29-40(33-47(37)51(46)53)52-54-49(39-28-26-35-14-7-8-16-38(35)32-39)34-50(55-52)45-24-13-17-36-15-9-10-22-43(36)45/h1-34H. The second-order valence-corrected chi connectivity index (χ2v) is 14.5. The fourth-order valence-electron chi connectivity index (χ4n) is 9.07. The zero-order chi connectivity index (χ0) is 36.3. The lowest BCUT2D eigenvalue weighted by molar-refractivity contribution is 0.775. The number of rotatable bonds is 5. The van der Waals surface area contributed by atoms with Gasteiger partial charge in [0.1, 0.15) is 0 Å². The van der Waals surface area contributed by atoms with Gasteiger partial charge in [0.25, 0.3) is 0 Å². The fourth-order valence-corrected chi connectivity index (χ4v) is 9.07. The topological polar surface area (TPSA) is 25.8 Å². The minimum Gasteiger partial charge on any atom is -0.228 e. The summed E-state index contributed by atoms with van der Waals surface area (Å²) in [4.78, 5) is 10.8. The van der Waals surface area contributed by atoms with Crippen LogP contribution in [0.3, 0.4) is 0 Å². The van der Waals surface area contributed by atoms with Crippen LogP contribution in [0.15, 0.2) is 206 Å². The summed E-state index contributed by atoms with van der Waals surface area (Å²) in [5.74, 6) is 0.702. The average molecular weight is 699 g/mol. The van der Waals surface area contributed by atoms with E-state index in [0.29, 0.717) is 5.82 Å². The van der Waals surface area contributed by atoms with Gasteiger partial charge in [-0.25, -0.2) is 9.97 Å². The molecule has 256 valence electrons. The third-order valence-electron chi connectivity index (χ3n) is 11.5. The Morgan fingerprint density at radius 2 is 0.909 bits per heavy atom. The van der Waals surface area contributed by atoms with E-state index in [-0.39, 0.29) is 0 Å². The molecule has 0 saturated carbocycles. The van der Waals surface area contributed by atoms with Gasteiger partial charge < -0.3 is 0 Å². The molecule has 11 rings (SSSR count). The number of hydrogen-bond acceptors (Lipinski definition) is 2. The highest BCUT2D eigenvalue weighted by Gasteiger charge is 2.47. The van der Waals surface area contributed by atoms with E-state index in [0.717, 1.165) is 28.1 Å². The monoisotopic (exact) mass is 698 g/mol. The summed E-state index contributed by atoms with van der Waals surface area (Å²) in [5.41, 5.74) is 12.0. The number of hydrogen-bond donors (Lipinski definition) is 0. The van der Waals surface area contributed by atoms with Gasteiger partial charge in [-0.1, -0.05) is 188 Å². The van der Waals surface area contributed by atoms with Gasteiger partial charge in [0.15, 0.2) is 5.82 Å². The zero-order valence-electron chi connectivity index (χ0n) is 30.0. The lowest BCUT2D eigenvalue weighted by atomic mass is 9.66. The molecule has 0 fully saturated rings. The normalized spacial score (nSPS) is 12.9. The highest BCUT2D eigenvalue weighted by atomic mass is 14.9. The minimum absolute atomic E-state index is 0.519. The zero-order valence-corrected chi connectivity index (χ0v) is 30.0. The predicted octanol–water partition coefficient (Wildman–Crippen LogP) is 13.3. The first-order chi connectivity index (χ1) is 27.3. The van der Waals surface area contributed by atoms with E-state index in [1.807, 2.05) is 0 Å². The van der Waals surface area contributed by atoms with Gasteiger partial charge in [0, 0.05) is 16.7 Å². The Morgan fingerprint density at radius 3 is 1.73 bits per heavy atom. The third-order valence-corrected chi connectivity index (χ3v) is 11.5. The molecule has 0 saturated heterocycles. The molecule has 0 unspecified atom stereocenters. The van der Waals surface area contributed by atoms with Crippen molar-refractivity contribution in [1.82, 2.24) is 9.97 Å². The highest BCUT2D eigenvalue weighted by Crippen LogP contribution is 2.58. The maximum Gasteiger partial charge on any atom is 0.160 e. The van der Waals surface area contributed by atoms with Crippen molar-refractivity contribution in [2.75, 3.05) is 0 Å². The minimum atomic E-state index is -0.519. The van der Waals surface area contributed by atoms with E-state index < -0.39 is 5.41 Å². The summed E-state index contributed by atoms with van der Waals surface area (Å²) in [7, 11) is 0. The van der Waals surface area contributed by atoms with E-state index in [4.69, 9.17) is 9.97 Å². The summed E-state index contributed by atoms with van der Waals surface area (Å²) in [6.45, 7) is 0. The molecule has 0 aliphatic heterocycles. The van der Waals surface area contributed by atoms with Gasteiger partial charge in [-0.2, -0.15) is 0 Å². The first kappa shape index (κ1) is 31.4. The van der Waals surface area contributed by atoms with Crippen LogP contribution in [-0.4, -0.2) is 9.97 Å². The third kappa shape index (κ3) is 4.89. The Bertz CT molecular complexity index is 3050. The predicted molar refractivity (Wildman–Crippen MR) is 228 cm³/mol. The molecule has 2 heteroatoms. The van der Waals surface area contributed by atoms with Crippen LogP contribution in [0.5, 0.6) is 0 Å². The SMILES string of the molecule is c1ccc(C2(c3ccccc3)c3ccccc3-c3ccc4ccc(-c5nc(-c6ccc7ccccc7c6)cc(-c6cccc7ccccc67)n5)cc4c32)cc1. The molecule has 1 heterocycles. The second kappa shape index (κ2) is 12.5. The number of benzene rings is 9. The summed E-state index contributed by atoms with van der Waals surface area (Å²) in [6, 6.07) is 74.6. The molecule has 10 aromatic rings. The molecular formula is C53H34N2. The summed E-state index contributed by atoms with van der Waals surface area (Å²) >= 11 is 0. The Balaban J connectivity index is 1.20. The maximum atomic E-state index is 5.39. The van der Waals surface area contributed by atoms with Crippen LogP contribution < -0.4 is 0 Å². The smallest absolute Gasteiger partial charge is 0.160 e. The maximum absolute atomic E-state index is 5.39.